The van der Waals surface area contributed by atoms with Crippen LogP contribution in [0.1, 0.15) is 155 Å². The van der Waals surface area contributed by atoms with Crippen molar-refractivity contribution in [1.29, 1.82) is 0 Å². The fraction of sp³-hybridized carbons (Fsp3) is 0.682. The van der Waals surface area contributed by atoms with Gasteiger partial charge < -0.3 is 19.7 Å². The molecule has 0 heterocycles. The second-order valence-corrected chi connectivity index (χ2v) is 14.9. The molecule has 2 unspecified atom stereocenters. The Bertz CT molecular complexity index is 1110. The summed E-state index contributed by atoms with van der Waals surface area (Å²) in [5, 5.41) is 2.81. The zero-order chi connectivity index (χ0) is 39.6. The molecule has 9 nitrogen and oxygen atoms in total. The van der Waals surface area contributed by atoms with Gasteiger partial charge >= 0.3 is 19.8 Å². The maximum atomic E-state index is 12.6. The van der Waals surface area contributed by atoms with E-state index in [2.05, 4.69) is 86.0 Å². The highest BCUT2D eigenvalue weighted by Gasteiger charge is 2.26. The second-order valence-electron chi connectivity index (χ2n) is 13.4. The van der Waals surface area contributed by atoms with Gasteiger partial charge in [0.25, 0.3) is 0 Å². The molecule has 0 aromatic rings. The average Bonchev–Trinajstić information content (AvgIpc) is 3.15. The zero-order valence-electron chi connectivity index (χ0n) is 34.1. The molecule has 0 aliphatic carbocycles. The first-order chi connectivity index (χ1) is 26.3. The lowest BCUT2D eigenvalue weighted by molar-refractivity contribution is -0.161. The van der Waals surface area contributed by atoms with Crippen molar-refractivity contribution in [3.63, 3.8) is 0 Å². The fourth-order valence-electron chi connectivity index (χ4n) is 5.17. The van der Waals surface area contributed by atoms with Gasteiger partial charge in [0.2, 0.25) is 0 Å². The van der Waals surface area contributed by atoms with E-state index < -0.39 is 32.5 Å². The number of hydrogen-bond donors (Lipinski definition) is 2. The van der Waals surface area contributed by atoms with E-state index in [1.165, 1.54) is 44.9 Å². The van der Waals surface area contributed by atoms with Crippen molar-refractivity contribution in [2.45, 2.75) is 161 Å². The lowest BCUT2D eigenvalue weighted by Gasteiger charge is -2.20. The first kappa shape index (κ1) is 51.5. The minimum absolute atomic E-state index is 0.0307. The Hall–Kier alpha value is -2.55. The molecule has 0 radical (unpaired) electrons. The number of carbonyl (C=O) groups excluding carboxylic acids is 2. The van der Waals surface area contributed by atoms with E-state index in [4.69, 9.17) is 18.5 Å². The van der Waals surface area contributed by atoms with E-state index >= 15 is 0 Å². The first-order valence-electron chi connectivity index (χ1n) is 20.9. The minimum atomic E-state index is -4.37. The van der Waals surface area contributed by atoms with Crippen LogP contribution in [0.15, 0.2) is 72.9 Å². The van der Waals surface area contributed by atoms with E-state index in [-0.39, 0.29) is 26.1 Å². The van der Waals surface area contributed by atoms with E-state index in [0.717, 1.165) is 70.6 Å². The number of ether oxygens (including phenoxy) is 2. The molecule has 2 N–H and O–H groups in total. The Kier molecular flexibility index (Phi) is 38.2. The van der Waals surface area contributed by atoms with Crippen LogP contribution in [0.4, 0.5) is 0 Å². The predicted octanol–water partition coefficient (Wildman–Crippen LogP) is 11.8. The fourth-order valence-corrected chi connectivity index (χ4v) is 5.92. The Morgan fingerprint density at radius 3 is 1.65 bits per heavy atom. The summed E-state index contributed by atoms with van der Waals surface area (Å²) in [6, 6.07) is 0. The molecule has 0 bridgehead atoms. The lowest BCUT2D eigenvalue weighted by atomic mass is 10.1. The SMILES string of the molecule is CC/C=C\C/C=C\C/C=C\C/C=C\C/C=C\CCCC(=O)OCC(COP(=O)(O)OCCNC)OC(=O)CCCCCCC/C=C\CCCCCCCC. The molecule has 0 aromatic heterocycles. The van der Waals surface area contributed by atoms with E-state index in [1.807, 2.05) is 6.08 Å². The number of esters is 2. The van der Waals surface area contributed by atoms with Crippen LogP contribution in [-0.2, 0) is 32.7 Å². The summed E-state index contributed by atoms with van der Waals surface area (Å²) >= 11 is 0. The summed E-state index contributed by atoms with van der Waals surface area (Å²) in [7, 11) is -2.68. The summed E-state index contributed by atoms with van der Waals surface area (Å²) in [5.41, 5.74) is 0. The molecule has 0 amide bonds. The normalized spacial score (nSPS) is 14.1. The van der Waals surface area contributed by atoms with Crippen LogP contribution in [0.3, 0.4) is 0 Å². The molecule has 0 spiro atoms. The highest BCUT2D eigenvalue weighted by Crippen LogP contribution is 2.43. The van der Waals surface area contributed by atoms with Gasteiger partial charge in [0.15, 0.2) is 6.10 Å². The molecule has 10 heteroatoms. The molecular formula is C44H76NO8P. The number of nitrogens with one attached hydrogen (secondary N) is 1. The number of unbranched alkanes of at least 4 members (excludes halogenated alkanes) is 12. The van der Waals surface area contributed by atoms with Crippen LogP contribution in [0.25, 0.3) is 0 Å². The second kappa shape index (κ2) is 40.1. The van der Waals surface area contributed by atoms with Crippen LogP contribution in [0.2, 0.25) is 0 Å². The summed E-state index contributed by atoms with van der Waals surface area (Å²) in [6.45, 7) is 4.01. The summed E-state index contributed by atoms with van der Waals surface area (Å²) in [4.78, 5) is 35.0. The number of carbonyl (C=O) groups is 2. The molecule has 310 valence electrons. The van der Waals surface area contributed by atoms with Crippen LogP contribution >= 0.6 is 7.82 Å². The third-order valence-electron chi connectivity index (χ3n) is 8.31. The van der Waals surface area contributed by atoms with Crippen molar-refractivity contribution in [1.82, 2.24) is 5.32 Å². The lowest BCUT2D eigenvalue weighted by Crippen LogP contribution is -2.29. The molecule has 2 atom stereocenters. The van der Waals surface area contributed by atoms with E-state index in [9.17, 15) is 19.0 Å². The van der Waals surface area contributed by atoms with Crippen molar-refractivity contribution in [3.8, 4) is 0 Å². The number of rotatable bonds is 38. The van der Waals surface area contributed by atoms with Crippen LogP contribution < -0.4 is 5.32 Å². The largest absolute Gasteiger partial charge is 0.472 e. The highest BCUT2D eigenvalue weighted by molar-refractivity contribution is 7.47. The molecule has 0 saturated heterocycles. The number of likely N-dealkylation sites (N-methyl/N-ethyl adjacent to an activating group) is 1. The minimum Gasteiger partial charge on any atom is -0.462 e. The standard InChI is InChI=1S/C44H76NO8P/c1-4-6-8-10-12-14-16-18-20-21-23-24-26-28-30-32-34-36-43(46)50-40-42(41-52-54(48,49)51-39-38-45-3)53-44(47)37-35-33-31-29-27-25-22-19-17-15-13-11-9-7-5-2/h6,8,12,14,18-20,22-24,28,30,42,45H,4-5,7,9-11,13,15-17,21,25-27,29,31-41H2,1-3H3,(H,48,49)/b8-6-,14-12-,20-18-,22-19-,24-23-,30-28-. The van der Waals surface area contributed by atoms with E-state index in [0.29, 0.717) is 19.4 Å². The zero-order valence-corrected chi connectivity index (χ0v) is 35.0. The van der Waals surface area contributed by atoms with Crippen LogP contribution in [0, 0.1) is 0 Å². The summed E-state index contributed by atoms with van der Waals surface area (Å²) in [6.07, 6.45) is 46.7. The smallest absolute Gasteiger partial charge is 0.462 e. The molecule has 0 saturated carbocycles. The van der Waals surface area contributed by atoms with Crippen molar-refractivity contribution in [3.05, 3.63) is 72.9 Å². The Morgan fingerprint density at radius 1 is 0.593 bits per heavy atom. The van der Waals surface area contributed by atoms with Gasteiger partial charge in [-0.15, -0.1) is 0 Å². The number of phosphoric acid groups is 1. The van der Waals surface area contributed by atoms with Gasteiger partial charge in [-0.05, 0) is 84.1 Å². The molecule has 0 aromatic carbocycles. The number of allylic oxidation sites excluding steroid dienone is 12. The topological polar surface area (TPSA) is 120 Å². The van der Waals surface area contributed by atoms with Crippen LogP contribution in [0.5, 0.6) is 0 Å². The van der Waals surface area contributed by atoms with E-state index in [1.54, 1.807) is 7.05 Å². The van der Waals surface area contributed by atoms with Gasteiger partial charge in [0.05, 0.1) is 13.2 Å². The molecular weight excluding hydrogens is 701 g/mol. The van der Waals surface area contributed by atoms with Gasteiger partial charge in [-0.2, -0.15) is 0 Å². The maximum absolute atomic E-state index is 12.6. The van der Waals surface area contributed by atoms with Gasteiger partial charge in [-0.25, -0.2) is 4.57 Å². The van der Waals surface area contributed by atoms with Crippen molar-refractivity contribution in [2.75, 3.05) is 33.4 Å². The number of hydrogen-bond acceptors (Lipinski definition) is 8. The molecule has 0 aliphatic rings. The number of phosphoric ester groups is 1. The average molecular weight is 778 g/mol. The van der Waals surface area contributed by atoms with Crippen LogP contribution in [-0.4, -0.2) is 56.3 Å². The van der Waals surface area contributed by atoms with Gasteiger partial charge in [0, 0.05) is 19.4 Å². The van der Waals surface area contributed by atoms with Gasteiger partial charge in [0.1, 0.15) is 6.61 Å². The Balaban J connectivity index is 4.37. The van der Waals surface area contributed by atoms with Gasteiger partial charge in [-0.3, -0.25) is 18.6 Å². The Labute approximate surface area is 329 Å². The summed E-state index contributed by atoms with van der Waals surface area (Å²) in [5.74, 6) is -0.891. The third-order valence-corrected chi connectivity index (χ3v) is 9.29. The molecule has 0 fully saturated rings. The van der Waals surface area contributed by atoms with Crippen molar-refractivity contribution >= 4 is 19.8 Å². The molecule has 54 heavy (non-hydrogen) atoms. The van der Waals surface area contributed by atoms with Gasteiger partial charge in [-0.1, -0.05) is 138 Å². The quantitative estimate of drug-likeness (QED) is 0.0273. The Morgan fingerprint density at radius 2 is 1.07 bits per heavy atom. The van der Waals surface area contributed by atoms with Crippen molar-refractivity contribution in [2.24, 2.45) is 0 Å². The highest BCUT2D eigenvalue weighted by atomic mass is 31.2. The first-order valence-corrected chi connectivity index (χ1v) is 22.4. The maximum Gasteiger partial charge on any atom is 0.472 e. The molecule has 0 rings (SSSR count). The monoisotopic (exact) mass is 778 g/mol. The predicted molar refractivity (Wildman–Crippen MR) is 224 cm³/mol. The molecule has 0 aliphatic heterocycles. The summed E-state index contributed by atoms with van der Waals surface area (Å²) < 4.78 is 33.1. The third kappa shape index (κ3) is 39.2. The van der Waals surface area contributed by atoms with Crippen molar-refractivity contribution < 1.29 is 37.6 Å².